The molecule has 5 nitrogen and oxygen atoms in total. The summed E-state index contributed by atoms with van der Waals surface area (Å²) in [6, 6.07) is 19.6. The molecule has 2 heterocycles. The van der Waals surface area contributed by atoms with Crippen molar-refractivity contribution in [2.45, 2.75) is 16.7 Å². The SMILES string of the molecule is Cc1c(Sc2cccc(C(=O)O)c2)c2ccc(Cl)c(F)c2n1-c1cnn(-c2ccccc2)c1. The minimum absolute atomic E-state index is 0.0288. The van der Waals surface area contributed by atoms with Gasteiger partial charge in [-0.05, 0) is 49.4 Å². The van der Waals surface area contributed by atoms with Crippen LogP contribution in [0.5, 0.6) is 0 Å². The average molecular weight is 478 g/mol. The highest BCUT2D eigenvalue weighted by atomic mass is 35.5. The summed E-state index contributed by atoms with van der Waals surface area (Å²) in [5.41, 5.74) is 2.92. The molecule has 8 heteroatoms. The van der Waals surface area contributed by atoms with E-state index in [1.165, 1.54) is 17.8 Å². The molecule has 0 aliphatic rings. The fourth-order valence-corrected chi connectivity index (χ4v) is 5.05. The third-order valence-corrected chi connectivity index (χ3v) is 6.85. The van der Waals surface area contributed by atoms with Gasteiger partial charge in [0.25, 0.3) is 0 Å². The van der Waals surface area contributed by atoms with Gasteiger partial charge in [0.05, 0.1) is 39.9 Å². The van der Waals surface area contributed by atoms with Crippen LogP contribution < -0.4 is 0 Å². The minimum atomic E-state index is -0.997. The number of carbonyl (C=O) groups is 1. The second-order valence-electron chi connectivity index (χ2n) is 7.42. The van der Waals surface area contributed by atoms with Crippen LogP contribution in [-0.2, 0) is 0 Å². The normalized spacial score (nSPS) is 11.2. The second-order valence-corrected chi connectivity index (χ2v) is 8.91. The smallest absolute Gasteiger partial charge is 0.335 e. The second kappa shape index (κ2) is 8.42. The van der Waals surface area contributed by atoms with E-state index < -0.39 is 11.8 Å². The van der Waals surface area contributed by atoms with Gasteiger partial charge in [-0.15, -0.1) is 0 Å². The first-order chi connectivity index (χ1) is 15.9. The monoisotopic (exact) mass is 477 g/mol. The number of halogens is 2. The van der Waals surface area contributed by atoms with E-state index >= 15 is 4.39 Å². The lowest BCUT2D eigenvalue weighted by molar-refractivity contribution is 0.0696. The molecule has 164 valence electrons. The van der Waals surface area contributed by atoms with Crippen LogP contribution in [0.2, 0.25) is 5.02 Å². The van der Waals surface area contributed by atoms with E-state index in [-0.39, 0.29) is 10.6 Å². The van der Waals surface area contributed by atoms with Crippen molar-refractivity contribution in [3.05, 3.63) is 101 Å². The summed E-state index contributed by atoms with van der Waals surface area (Å²) in [6.45, 7) is 1.90. The van der Waals surface area contributed by atoms with E-state index in [1.807, 2.05) is 49.5 Å². The van der Waals surface area contributed by atoms with Crippen LogP contribution in [0.25, 0.3) is 22.3 Å². The molecule has 0 radical (unpaired) electrons. The summed E-state index contributed by atoms with van der Waals surface area (Å²) < 4.78 is 18.8. The number of nitrogens with zero attached hydrogens (tertiary/aromatic N) is 3. The quantitative estimate of drug-likeness (QED) is 0.303. The summed E-state index contributed by atoms with van der Waals surface area (Å²) in [5.74, 6) is -1.52. The van der Waals surface area contributed by atoms with Gasteiger partial charge >= 0.3 is 5.97 Å². The number of benzene rings is 3. The van der Waals surface area contributed by atoms with Crippen LogP contribution in [0.15, 0.2) is 88.9 Å². The molecule has 3 aromatic carbocycles. The number of aromatic carboxylic acids is 1. The molecular weight excluding hydrogens is 461 g/mol. The number of fused-ring (bicyclic) bond motifs is 1. The standard InChI is InChI=1S/C25H17ClFN3O2S/c1-15-24(33-19-9-5-6-16(12-19)25(31)32)20-10-11-21(26)22(27)23(20)30(15)18-13-28-29(14-18)17-7-3-2-4-8-17/h2-14H,1H3,(H,31,32). The van der Waals surface area contributed by atoms with Crippen molar-refractivity contribution >= 4 is 40.2 Å². The number of carboxylic acids is 1. The number of hydrogen-bond acceptors (Lipinski definition) is 3. The van der Waals surface area contributed by atoms with Gasteiger partial charge in [0, 0.05) is 20.9 Å². The van der Waals surface area contributed by atoms with Gasteiger partial charge in [-0.2, -0.15) is 5.10 Å². The Bertz CT molecular complexity index is 1510. The molecule has 0 spiro atoms. The highest BCUT2D eigenvalue weighted by Crippen LogP contribution is 2.42. The Labute approximate surface area is 198 Å². The lowest BCUT2D eigenvalue weighted by atomic mass is 10.2. The van der Waals surface area contributed by atoms with E-state index in [1.54, 1.807) is 39.7 Å². The molecule has 0 saturated carbocycles. The van der Waals surface area contributed by atoms with Gasteiger partial charge in [0.15, 0.2) is 5.82 Å². The van der Waals surface area contributed by atoms with Gasteiger partial charge in [-0.1, -0.05) is 47.6 Å². The highest BCUT2D eigenvalue weighted by Gasteiger charge is 2.22. The summed E-state index contributed by atoms with van der Waals surface area (Å²) in [6.07, 6.45) is 3.51. The topological polar surface area (TPSA) is 60.0 Å². The highest BCUT2D eigenvalue weighted by molar-refractivity contribution is 7.99. The molecule has 0 amide bonds. The average Bonchev–Trinajstić information content (AvgIpc) is 3.41. The van der Waals surface area contributed by atoms with Gasteiger partial charge in [-0.3, -0.25) is 0 Å². The van der Waals surface area contributed by atoms with E-state index in [4.69, 9.17) is 11.6 Å². The number of aromatic nitrogens is 3. The number of hydrogen-bond donors (Lipinski definition) is 1. The number of carboxylic acid groups (broad SMARTS) is 1. The van der Waals surface area contributed by atoms with Crippen LogP contribution >= 0.6 is 23.4 Å². The number of para-hydroxylation sites is 1. The predicted octanol–water partition coefficient (Wildman–Crippen LogP) is 6.77. The molecule has 1 N–H and O–H groups in total. The van der Waals surface area contributed by atoms with Gasteiger partial charge < -0.3 is 9.67 Å². The maximum Gasteiger partial charge on any atom is 0.335 e. The van der Waals surface area contributed by atoms with Gasteiger partial charge in [-0.25, -0.2) is 13.9 Å². The fraction of sp³-hybridized carbons (Fsp3) is 0.0400. The Morgan fingerprint density at radius 3 is 2.61 bits per heavy atom. The molecule has 0 aliphatic heterocycles. The minimum Gasteiger partial charge on any atom is -0.478 e. The van der Waals surface area contributed by atoms with Crippen molar-refractivity contribution in [1.82, 2.24) is 14.3 Å². The van der Waals surface area contributed by atoms with Crippen LogP contribution in [0, 0.1) is 12.7 Å². The van der Waals surface area contributed by atoms with Crippen molar-refractivity contribution in [3.8, 4) is 11.4 Å². The lowest BCUT2D eigenvalue weighted by Gasteiger charge is -2.07. The van der Waals surface area contributed by atoms with Crippen molar-refractivity contribution in [2.75, 3.05) is 0 Å². The molecule has 2 aromatic heterocycles. The van der Waals surface area contributed by atoms with E-state index in [0.717, 1.165) is 21.2 Å². The Balaban J connectivity index is 1.68. The molecule has 0 unspecified atom stereocenters. The van der Waals surface area contributed by atoms with Crippen LogP contribution in [-0.4, -0.2) is 25.4 Å². The van der Waals surface area contributed by atoms with Gasteiger partial charge in [0.1, 0.15) is 0 Å². The van der Waals surface area contributed by atoms with Crippen molar-refractivity contribution in [1.29, 1.82) is 0 Å². The maximum absolute atomic E-state index is 15.3. The van der Waals surface area contributed by atoms with Crippen LogP contribution in [0.1, 0.15) is 16.1 Å². The fourth-order valence-electron chi connectivity index (χ4n) is 3.82. The Morgan fingerprint density at radius 2 is 1.85 bits per heavy atom. The third-order valence-electron chi connectivity index (χ3n) is 5.35. The Kier molecular flexibility index (Phi) is 5.44. The first-order valence-corrected chi connectivity index (χ1v) is 11.2. The van der Waals surface area contributed by atoms with Crippen molar-refractivity contribution < 1.29 is 14.3 Å². The van der Waals surface area contributed by atoms with Gasteiger partial charge in [0.2, 0.25) is 0 Å². The largest absolute Gasteiger partial charge is 0.478 e. The first-order valence-electron chi connectivity index (χ1n) is 10.0. The molecule has 33 heavy (non-hydrogen) atoms. The van der Waals surface area contributed by atoms with Crippen molar-refractivity contribution in [2.24, 2.45) is 0 Å². The summed E-state index contributed by atoms with van der Waals surface area (Å²) in [5, 5.41) is 14.5. The molecule has 0 bridgehead atoms. The van der Waals surface area contributed by atoms with Crippen LogP contribution in [0.3, 0.4) is 0 Å². The van der Waals surface area contributed by atoms with E-state index in [9.17, 15) is 9.90 Å². The zero-order valence-electron chi connectivity index (χ0n) is 17.4. The summed E-state index contributed by atoms with van der Waals surface area (Å²) in [7, 11) is 0. The lowest BCUT2D eigenvalue weighted by Crippen LogP contribution is -1.98. The predicted molar refractivity (Wildman–Crippen MR) is 128 cm³/mol. The van der Waals surface area contributed by atoms with Crippen LogP contribution in [0.4, 0.5) is 4.39 Å². The number of rotatable bonds is 5. The van der Waals surface area contributed by atoms with E-state index in [0.29, 0.717) is 16.6 Å². The third kappa shape index (κ3) is 3.79. The molecular formula is C25H17ClFN3O2S. The zero-order valence-corrected chi connectivity index (χ0v) is 18.9. The maximum atomic E-state index is 15.3. The zero-order chi connectivity index (χ0) is 23.1. The Hall–Kier alpha value is -3.55. The molecule has 5 aromatic rings. The van der Waals surface area contributed by atoms with E-state index in [2.05, 4.69) is 5.10 Å². The summed E-state index contributed by atoms with van der Waals surface area (Å²) >= 11 is 7.53. The molecule has 0 atom stereocenters. The molecule has 5 rings (SSSR count). The molecule has 0 aliphatic carbocycles. The summed E-state index contributed by atoms with van der Waals surface area (Å²) in [4.78, 5) is 12.9. The molecule has 0 saturated heterocycles. The first kappa shape index (κ1) is 21.3. The molecule has 0 fully saturated rings. The van der Waals surface area contributed by atoms with Crippen molar-refractivity contribution in [3.63, 3.8) is 0 Å². The Morgan fingerprint density at radius 1 is 1.06 bits per heavy atom.